The maximum absolute atomic E-state index is 12.2. The Hall–Kier alpha value is -2.17. The lowest BCUT2D eigenvalue weighted by Gasteiger charge is -2.07. The minimum atomic E-state index is -0.981. The summed E-state index contributed by atoms with van der Waals surface area (Å²) in [5.41, 5.74) is 3.51. The number of hydrogen-bond donors (Lipinski definition) is 0. The maximum atomic E-state index is 12.2. The van der Waals surface area contributed by atoms with Gasteiger partial charge in [-0.25, -0.2) is 4.98 Å². The summed E-state index contributed by atoms with van der Waals surface area (Å²) in [5, 5.41) is 11.4. The van der Waals surface area contributed by atoms with Crippen LogP contribution in [0.15, 0.2) is 28.5 Å². The normalized spacial score (nSPS) is 13.7. The predicted octanol–water partition coefficient (Wildman–Crippen LogP) is 3.45. The van der Waals surface area contributed by atoms with Crippen molar-refractivity contribution in [2.45, 2.75) is 37.0 Å². The molecule has 1 aliphatic carbocycles. The van der Waals surface area contributed by atoms with Crippen LogP contribution in [0.25, 0.3) is 0 Å². The number of Topliss-reactive ketones (excluding diaryl/α,β-unsaturated/α-hetero) is 1. The number of aryl methyl sites for hydroxylation is 3. The summed E-state index contributed by atoms with van der Waals surface area (Å²) in [5.74, 6) is -1.75. The molecular formula is C19H18N2O3S2. The van der Waals surface area contributed by atoms with E-state index in [1.807, 2.05) is 12.1 Å². The van der Waals surface area contributed by atoms with Crippen LogP contribution in [0.3, 0.4) is 0 Å². The van der Waals surface area contributed by atoms with Gasteiger partial charge in [0.2, 0.25) is 0 Å². The third-order valence-corrected chi connectivity index (χ3v) is 6.13. The lowest BCUT2D eigenvalue weighted by atomic mass is 10.1. The van der Waals surface area contributed by atoms with Crippen molar-refractivity contribution in [3.63, 3.8) is 0 Å². The van der Waals surface area contributed by atoms with E-state index in [1.54, 1.807) is 12.3 Å². The molecule has 0 radical (unpaired) electrons. The molecule has 1 aliphatic rings. The second-order valence-electron chi connectivity index (χ2n) is 6.09. The highest BCUT2D eigenvalue weighted by Crippen LogP contribution is 2.27. The number of esters is 1. The Labute approximate surface area is 160 Å². The zero-order valence-electron chi connectivity index (χ0n) is 14.4. The summed E-state index contributed by atoms with van der Waals surface area (Å²) in [6.07, 6.45) is 3.41. The first-order valence-electron chi connectivity index (χ1n) is 8.31. The molecule has 1 heterocycles. The van der Waals surface area contributed by atoms with Crippen LogP contribution in [-0.2, 0) is 27.2 Å². The van der Waals surface area contributed by atoms with Gasteiger partial charge in [0.15, 0.2) is 18.3 Å². The number of thiazole rings is 1. The van der Waals surface area contributed by atoms with Crippen molar-refractivity contribution in [1.29, 1.82) is 5.26 Å². The van der Waals surface area contributed by atoms with Crippen molar-refractivity contribution in [2.75, 3.05) is 12.4 Å². The fourth-order valence-electron chi connectivity index (χ4n) is 2.83. The van der Waals surface area contributed by atoms with Gasteiger partial charge in [-0.1, -0.05) is 6.07 Å². The van der Waals surface area contributed by atoms with Gasteiger partial charge in [0.25, 0.3) is 0 Å². The number of hydrogen-bond acceptors (Lipinski definition) is 7. The molecule has 5 nitrogen and oxygen atoms in total. The minimum Gasteiger partial charge on any atom is -0.457 e. The van der Waals surface area contributed by atoms with Gasteiger partial charge < -0.3 is 4.74 Å². The number of ether oxygens (including phenoxy) is 1. The smallest absolute Gasteiger partial charge is 0.316 e. The zero-order chi connectivity index (χ0) is 18.5. The summed E-state index contributed by atoms with van der Waals surface area (Å²) in [6, 6.07) is 8.20. The van der Waals surface area contributed by atoms with Crippen molar-refractivity contribution in [3.05, 3.63) is 45.4 Å². The average molecular weight is 386 g/mol. The van der Waals surface area contributed by atoms with Crippen LogP contribution in [-0.4, -0.2) is 29.1 Å². The maximum Gasteiger partial charge on any atom is 0.316 e. The number of rotatable bonds is 7. The summed E-state index contributed by atoms with van der Waals surface area (Å²) in [7, 11) is 0. The molecule has 0 bridgehead atoms. The highest BCUT2D eigenvalue weighted by molar-refractivity contribution is 8.00. The van der Waals surface area contributed by atoms with Crippen LogP contribution in [0.5, 0.6) is 0 Å². The highest BCUT2D eigenvalue weighted by atomic mass is 32.2. The molecule has 0 spiro atoms. The second-order valence-corrected chi connectivity index (χ2v) is 8.03. The lowest BCUT2D eigenvalue weighted by Crippen LogP contribution is -2.20. The molecule has 7 heteroatoms. The molecule has 0 saturated heterocycles. The van der Waals surface area contributed by atoms with Crippen LogP contribution >= 0.6 is 23.1 Å². The van der Waals surface area contributed by atoms with E-state index in [1.165, 1.54) is 40.6 Å². The zero-order valence-corrected chi connectivity index (χ0v) is 16.0. The molecule has 1 aromatic carbocycles. The van der Waals surface area contributed by atoms with Crippen LogP contribution in [0, 0.1) is 18.3 Å². The quantitative estimate of drug-likeness (QED) is 0.536. The first-order chi connectivity index (χ1) is 12.6. The first kappa shape index (κ1) is 18.6. The van der Waals surface area contributed by atoms with Crippen LogP contribution in [0.4, 0.5) is 0 Å². The molecule has 26 heavy (non-hydrogen) atoms. The SMILES string of the molecule is Cc1csc([C@@H](C#N)C(=O)COC(=O)CSc2ccc3c(c2)CCC3)n1. The van der Waals surface area contributed by atoms with Gasteiger partial charge in [-0.05, 0) is 49.4 Å². The molecule has 2 aromatic rings. The standard InChI is InChI=1S/C19H18N2O3S2/c1-12-10-26-19(21-12)16(8-20)17(22)9-24-18(23)11-25-15-6-5-13-3-2-4-14(13)7-15/h5-7,10,16H,2-4,9,11H2,1H3/t16-/m0/s1. The van der Waals surface area contributed by atoms with Crippen molar-refractivity contribution in [2.24, 2.45) is 0 Å². The van der Waals surface area contributed by atoms with Crippen LogP contribution in [0.2, 0.25) is 0 Å². The summed E-state index contributed by atoms with van der Waals surface area (Å²) < 4.78 is 5.05. The van der Waals surface area contributed by atoms with E-state index in [0.717, 1.165) is 23.4 Å². The molecule has 0 N–H and O–H groups in total. The van der Waals surface area contributed by atoms with E-state index in [2.05, 4.69) is 17.1 Å². The molecular weight excluding hydrogens is 368 g/mol. The number of carbonyl (C=O) groups excluding carboxylic acids is 2. The molecule has 134 valence electrons. The van der Waals surface area contributed by atoms with Gasteiger partial charge in [-0.15, -0.1) is 23.1 Å². The highest BCUT2D eigenvalue weighted by Gasteiger charge is 2.24. The number of ketones is 1. The summed E-state index contributed by atoms with van der Waals surface area (Å²) >= 11 is 2.66. The molecule has 0 fully saturated rings. The Morgan fingerprint density at radius 1 is 1.38 bits per heavy atom. The summed E-state index contributed by atoms with van der Waals surface area (Å²) in [6.45, 7) is 1.40. The van der Waals surface area contributed by atoms with E-state index in [9.17, 15) is 14.9 Å². The van der Waals surface area contributed by atoms with Crippen molar-refractivity contribution in [3.8, 4) is 6.07 Å². The van der Waals surface area contributed by atoms with Gasteiger partial charge in [0, 0.05) is 16.0 Å². The van der Waals surface area contributed by atoms with Crippen LogP contribution in [0.1, 0.15) is 34.2 Å². The number of benzene rings is 1. The number of nitriles is 1. The number of nitrogens with zero attached hydrogens (tertiary/aromatic N) is 2. The van der Waals surface area contributed by atoms with E-state index in [4.69, 9.17) is 4.74 Å². The Morgan fingerprint density at radius 3 is 2.92 bits per heavy atom. The van der Waals surface area contributed by atoms with Crippen molar-refractivity contribution < 1.29 is 14.3 Å². The minimum absolute atomic E-state index is 0.139. The van der Waals surface area contributed by atoms with Gasteiger partial charge in [-0.3, -0.25) is 9.59 Å². The Kier molecular flexibility index (Phi) is 6.07. The largest absolute Gasteiger partial charge is 0.457 e. The van der Waals surface area contributed by atoms with Crippen molar-refractivity contribution in [1.82, 2.24) is 4.98 Å². The van der Waals surface area contributed by atoms with E-state index in [-0.39, 0.29) is 5.75 Å². The van der Waals surface area contributed by atoms with E-state index in [0.29, 0.717) is 5.01 Å². The molecule has 3 rings (SSSR count). The third-order valence-electron chi connectivity index (χ3n) is 4.14. The Bertz CT molecular complexity index is 870. The van der Waals surface area contributed by atoms with Gasteiger partial charge in [0.05, 0.1) is 11.8 Å². The van der Waals surface area contributed by atoms with Gasteiger partial charge in [-0.2, -0.15) is 5.26 Å². The van der Waals surface area contributed by atoms with Gasteiger partial charge in [0.1, 0.15) is 5.01 Å². The molecule has 0 unspecified atom stereocenters. The number of aromatic nitrogens is 1. The fourth-order valence-corrected chi connectivity index (χ4v) is 4.45. The molecule has 0 amide bonds. The monoisotopic (exact) mass is 386 g/mol. The van der Waals surface area contributed by atoms with E-state index < -0.39 is 24.3 Å². The fraction of sp³-hybridized carbons (Fsp3) is 0.368. The van der Waals surface area contributed by atoms with Crippen molar-refractivity contribution >= 4 is 34.9 Å². The third kappa shape index (κ3) is 4.51. The Morgan fingerprint density at radius 2 is 2.19 bits per heavy atom. The molecule has 1 atom stereocenters. The number of carbonyl (C=O) groups is 2. The molecule has 0 saturated carbocycles. The molecule has 1 aromatic heterocycles. The predicted molar refractivity (Wildman–Crippen MR) is 100 cm³/mol. The Balaban J connectivity index is 1.47. The number of thioether (sulfide) groups is 1. The summed E-state index contributed by atoms with van der Waals surface area (Å²) in [4.78, 5) is 29.3. The van der Waals surface area contributed by atoms with Crippen LogP contribution < -0.4 is 0 Å². The first-order valence-corrected chi connectivity index (χ1v) is 10.2. The lowest BCUT2D eigenvalue weighted by molar-refractivity contribution is -0.145. The average Bonchev–Trinajstić information content (AvgIpc) is 3.27. The number of fused-ring (bicyclic) bond motifs is 1. The topological polar surface area (TPSA) is 80.0 Å². The molecule has 0 aliphatic heterocycles. The van der Waals surface area contributed by atoms with E-state index >= 15 is 0 Å². The van der Waals surface area contributed by atoms with Gasteiger partial charge >= 0.3 is 5.97 Å². The second kappa shape index (κ2) is 8.47.